The van der Waals surface area contributed by atoms with Crippen molar-refractivity contribution in [3.63, 3.8) is 0 Å². The van der Waals surface area contributed by atoms with E-state index < -0.39 is 11.9 Å². The molecule has 2 aliphatic heterocycles. The van der Waals surface area contributed by atoms with Crippen LogP contribution < -0.4 is 29.6 Å². The Morgan fingerprint density at radius 1 is 1.12 bits per heavy atom. The van der Waals surface area contributed by atoms with Crippen LogP contribution in [0.1, 0.15) is 36.8 Å². The zero-order valence-electron chi connectivity index (χ0n) is 18.2. The Balaban J connectivity index is 1.38. The summed E-state index contributed by atoms with van der Waals surface area (Å²) < 4.78 is 22.8. The van der Waals surface area contributed by atoms with Gasteiger partial charge in [-0.2, -0.15) is 0 Å². The quantitative estimate of drug-likeness (QED) is 0.711. The van der Waals surface area contributed by atoms with Gasteiger partial charge in [0, 0.05) is 11.6 Å². The smallest absolute Gasteiger partial charge is 0.326 e. The fourth-order valence-corrected chi connectivity index (χ4v) is 5.57. The molecule has 2 aromatic rings. The summed E-state index contributed by atoms with van der Waals surface area (Å²) in [7, 11) is 1.62. The third kappa shape index (κ3) is 3.20. The molecule has 3 atom stereocenters. The average Bonchev–Trinajstić information content (AvgIpc) is 3.57. The van der Waals surface area contributed by atoms with Crippen LogP contribution in [0.25, 0.3) is 11.6 Å². The Bertz CT molecular complexity index is 1210. The molecule has 2 fully saturated rings. The van der Waals surface area contributed by atoms with Crippen LogP contribution in [0.3, 0.4) is 0 Å². The number of hydrogen-bond donors (Lipinski definition) is 1. The summed E-state index contributed by atoms with van der Waals surface area (Å²) in [6.07, 6.45) is 6.75. The molecule has 4 aliphatic rings. The lowest BCUT2D eigenvalue weighted by Crippen LogP contribution is -2.37. The number of ether oxygens (including phenoxy) is 4. The molecule has 0 spiro atoms. The van der Waals surface area contributed by atoms with E-state index in [0.717, 1.165) is 22.8 Å². The highest BCUT2D eigenvalue weighted by atomic mass is 16.7. The number of carbonyl (C=O) groups is 2. The largest absolute Gasteiger partial charge is 0.493 e. The third-order valence-electron chi connectivity index (χ3n) is 7.13. The van der Waals surface area contributed by atoms with Crippen LogP contribution >= 0.6 is 0 Å². The molecule has 2 heterocycles. The van der Waals surface area contributed by atoms with Gasteiger partial charge in [0.25, 0.3) is 5.91 Å². The SMILES string of the molecule is COc1ccc(/C=C2\C(=O)N(C(N)=O)c3cc4c(cc32)OCO4)cc1OC1CC2CCC1C2. The number of primary amides is 1. The summed E-state index contributed by atoms with van der Waals surface area (Å²) in [6, 6.07) is 8.04. The first-order valence-electron chi connectivity index (χ1n) is 11.2. The summed E-state index contributed by atoms with van der Waals surface area (Å²) in [5.74, 6) is 3.17. The summed E-state index contributed by atoms with van der Waals surface area (Å²) in [5, 5.41) is 0. The van der Waals surface area contributed by atoms with E-state index in [-0.39, 0.29) is 12.9 Å². The fraction of sp³-hybridized carbons (Fsp3) is 0.360. The van der Waals surface area contributed by atoms with Crippen LogP contribution in [0.5, 0.6) is 23.0 Å². The number of methoxy groups -OCH3 is 1. The summed E-state index contributed by atoms with van der Waals surface area (Å²) in [4.78, 5) is 26.1. The molecule has 3 unspecified atom stereocenters. The normalized spacial score (nSPS) is 25.6. The number of anilines is 1. The van der Waals surface area contributed by atoms with E-state index in [1.54, 1.807) is 25.3 Å². The van der Waals surface area contributed by atoms with Crippen molar-refractivity contribution in [1.82, 2.24) is 0 Å². The molecule has 2 saturated carbocycles. The van der Waals surface area contributed by atoms with Crippen molar-refractivity contribution in [3.05, 3.63) is 41.5 Å². The maximum atomic E-state index is 13.1. The second-order valence-corrected chi connectivity index (χ2v) is 9.00. The van der Waals surface area contributed by atoms with Gasteiger partial charge in [-0.05, 0) is 67.4 Å². The van der Waals surface area contributed by atoms with E-state index in [4.69, 9.17) is 24.7 Å². The van der Waals surface area contributed by atoms with E-state index in [1.165, 1.54) is 19.3 Å². The van der Waals surface area contributed by atoms with Crippen molar-refractivity contribution in [2.24, 2.45) is 17.6 Å². The molecule has 3 amide bonds. The second-order valence-electron chi connectivity index (χ2n) is 9.00. The Hall–Kier alpha value is -3.68. The molecule has 0 radical (unpaired) electrons. The van der Waals surface area contributed by atoms with Gasteiger partial charge in [0.1, 0.15) is 6.10 Å². The first kappa shape index (κ1) is 20.0. The first-order chi connectivity index (χ1) is 16.0. The number of benzene rings is 2. The van der Waals surface area contributed by atoms with Gasteiger partial charge in [0.2, 0.25) is 6.79 Å². The molecule has 6 rings (SSSR count). The van der Waals surface area contributed by atoms with E-state index in [1.807, 2.05) is 18.2 Å². The molecule has 0 saturated heterocycles. The van der Waals surface area contributed by atoms with Gasteiger partial charge in [0.15, 0.2) is 23.0 Å². The molecule has 8 nitrogen and oxygen atoms in total. The first-order valence-corrected chi connectivity index (χ1v) is 11.2. The summed E-state index contributed by atoms with van der Waals surface area (Å²) >= 11 is 0. The topological polar surface area (TPSA) is 100 Å². The van der Waals surface area contributed by atoms with E-state index >= 15 is 0 Å². The standard InChI is InChI=1S/C25H24N2O6/c1-30-19-5-3-14(9-23(19)33-20-8-13-2-4-15(20)6-13)7-17-16-10-21-22(32-12-31-21)11-18(16)27(24(17)28)25(26)29/h3,5,7,9-11,13,15,20H,2,4,6,8,12H2,1H3,(H2,26,29)/b17-7-. The van der Waals surface area contributed by atoms with Crippen LogP contribution in [-0.2, 0) is 4.79 Å². The minimum atomic E-state index is -0.849. The number of urea groups is 1. The second kappa shape index (κ2) is 7.43. The zero-order chi connectivity index (χ0) is 22.7. The van der Waals surface area contributed by atoms with E-state index in [0.29, 0.717) is 45.7 Å². The number of imide groups is 1. The lowest BCUT2D eigenvalue weighted by Gasteiger charge is -2.24. The lowest BCUT2D eigenvalue weighted by molar-refractivity contribution is -0.112. The van der Waals surface area contributed by atoms with Crippen LogP contribution in [-0.4, -0.2) is 31.9 Å². The number of nitrogens with two attached hydrogens (primary N) is 1. The van der Waals surface area contributed by atoms with Crippen molar-refractivity contribution >= 4 is 29.3 Å². The van der Waals surface area contributed by atoms with Gasteiger partial charge >= 0.3 is 6.03 Å². The Morgan fingerprint density at radius 3 is 2.64 bits per heavy atom. The predicted molar refractivity (Wildman–Crippen MR) is 120 cm³/mol. The minimum absolute atomic E-state index is 0.0873. The van der Waals surface area contributed by atoms with Crippen LogP contribution in [0.15, 0.2) is 30.3 Å². The Kier molecular flexibility index (Phi) is 4.50. The van der Waals surface area contributed by atoms with Crippen molar-refractivity contribution in [2.45, 2.75) is 31.8 Å². The fourth-order valence-electron chi connectivity index (χ4n) is 5.57. The van der Waals surface area contributed by atoms with Crippen LogP contribution in [0.2, 0.25) is 0 Å². The zero-order valence-corrected chi connectivity index (χ0v) is 18.2. The maximum Gasteiger partial charge on any atom is 0.326 e. The van der Waals surface area contributed by atoms with Gasteiger partial charge in [-0.15, -0.1) is 0 Å². The average molecular weight is 448 g/mol. The van der Waals surface area contributed by atoms with Crippen LogP contribution in [0, 0.1) is 11.8 Å². The number of hydrogen-bond acceptors (Lipinski definition) is 6. The van der Waals surface area contributed by atoms with Crippen molar-refractivity contribution in [2.75, 3.05) is 18.8 Å². The maximum absolute atomic E-state index is 13.1. The van der Waals surface area contributed by atoms with Gasteiger partial charge in [0.05, 0.1) is 18.4 Å². The highest BCUT2D eigenvalue weighted by Crippen LogP contribution is 2.48. The van der Waals surface area contributed by atoms with Gasteiger partial charge in [-0.3, -0.25) is 4.79 Å². The summed E-state index contributed by atoms with van der Waals surface area (Å²) in [5.41, 5.74) is 7.57. The van der Waals surface area contributed by atoms with Gasteiger partial charge in [-0.25, -0.2) is 9.69 Å². The molecule has 8 heteroatoms. The summed E-state index contributed by atoms with van der Waals surface area (Å²) in [6.45, 7) is 0.0873. The predicted octanol–water partition coefficient (Wildman–Crippen LogP) is 3.96. The molecular weight excluding hydrogens is 424 g/mol. The molecule has 0 aromatic heterocycles. The van der Waals surface area contributed by atoms with E-state index in [2.05, 4.69) is 0 Å². The minimum Gasteiger partial charge on any atom is -0.493 e. The molecule has 2 N–H and O–H groups in total. The number of nitrogens with zero attached hydrogens (tertiary/aromatic N) is 1. The molecule has 170 valence electrons. The van der Waals surface area contributed by atoms with Crippen molar-refractivity contribution in [1.29, 1.82) is 0 Å². The van der Waals surface area contributed by atoms with Gasteiger partial charge < -0.3 is 24.7 Å². The molecule has 2 aromatic carbocycles. The number of rotatable bonds is 4. The number of amides is 3. The highest BCUT2D eigenvalue weighted by molar-refractivity contribution is 6.42. The molecule has 2 bridgehead atoms. The number of carbonyl (C=O) groups excluding carboxylic acids is 2. The molecule has 2 aliphatic carbocycles. The Morgan fingerprint density at radius 2 is 1.94 bits per heavy atom. The lowest BCUT2D eigenvalue weighted by atomic mass is 9.97. The van der Waals surface area contributed by atoms with Crippen molar-refractivity contribution in [3.8, 4) is 23.0 Å². The highest BCUT2D eigenvalue weighted by Gasteiger charge is 2.41. The van der Waals surface area contributed by atoms with Crippen molar-refractivity contribution < 1.29 is 28.5 Å². The Labute approximate surface area is 190 Å². The number of fused-ring (bicyclic) bond motifs is 4. The molecular formula is C25H24N2O6. The monoisotopic (exact) mass is 448 g/mol. The molecule has 33 heavy (non-hydrogen) atoms. The van der Waals surface area contributed by atoms with Crippen LogP contribution in [0.4, 0.5) is 10.5 Å². The van der Waals surface area contributed by atoms with Gasteiger partial charge in [-0.1, -0.05) is 6.07 Å². The third-order valence-corrected chi connectivity index (χ3v) is 7.13. The van der Waals surface area contributed by atoms with E-state index in [9.17, 15) is 9.59 Å².